The van der Waals surface area contributed by atoms with E-state index in [1.807, 2.05) is 49.4 Å². The van der Waals surface area contributed by atoms with E-state index in [-0.39, 0.29) is 17.6 Å². The smallest absolute Gasteiger partial charge is 0.346 e. The second kappa shape index (κ2) is 10.3. The summed E-state index contributed by atoms with van der Waals surface area (Å²) in [6.45, 7) is 3.83. The predicted octanol–water partition coefficient (Wildman–Crippen LogP) is 8.02. The first-order valence-corrected chi connectivity index (χ1v) is 14.6. The van der Waals surface area contributed by atoms with Crippen molar-refractivity contribution in [2.24, 2.45) is 0 Å². The molecule has 0 spiro atoms. The van der Waals surface area contributed by atoms with E-state index in [0.717, 1.165) is 38.4 Å². The molecule has 0 saturated carbocycles. The third-order valence-electron chi connectivity index (χ3n) is 5.99. The van der Waals surface area contributed by atoms with Crippen LogP contribution in [0, 0.1) is 6.92 Å². The normalized spacial score (nSPS) is 13.1. The molecule has 5 rings (SSSR count). The van der Waals surface area contributed by atoms with E-state index >= 15 is 0 Å². The number of carboxylic acid groups (broad SMARTS) is 1. The van der Waals surface area contributed by atoms with Crippen LogP contribution in [-0.2, 0) is 15.3 Å². The van der Waals surface area contributed by atoms with Crippen molar-refractivity contribution in [1.82, 2.24) is 4.98 Å². The summed E-state index contributed by atoms with van der Waals surface area (Å²) < 4.78 is 25.7. The van der Waals surface area contributed by atoms with Crippen LogP contribution in [-0.4, -0.2) is 22.7 Å². The van der Waals surface area contributed by atoms with E-state index in [4.69, 9.17) is 20.5 Å². The molecule has 9 heteroatoms. The summed E-state index contributed by atoms with van der Waals surface area (Å²) in [6.07, 6.45) is 1.70. The summed E-state index contributed by atoms with van der Waals surface area (Å²) in [5.41, 5.74) is 4.45. The van der Waals surface area contributed by atoms with Gasteiger partial charge in [-0.3, -0.25) is 9.55 Å². The summed E-state index contributed by atoms with van der Waals surface area (Å²) in [7, 11) is -3.39. The van der Waals surface area contributed by atoms with Gasteiger partial charge in [0.2, 0.25) is 7.37 Å². The molecule has 0 fully saturated rings. The number of hydrogen-bond acceptors (Lipinski definition) is 6. The molecule has 0 aliphatic heterocycles. The number of hydrogen-bond donors (Lipinski definition) is 1. The van der Waals surface area contributed by atoms with Crippen molar-refractivity contribution in [3.63, 3.8) is 0 Å². The second-order valence-electron chi connectivity index (χ2n) is 8.53. The van der Waals surface area contributed by atoms with Crippen LogP contribution in [0.15, 0.2) is 77.3 Å². The number of pyridine rings is 1. The van der Waals surface area contributed by atoms with Crippen molar-refractivity contribution in [2.45, 2.75) is 20.0 Å². The maximum Gasteiger partial charge on any atom is 0.346 e. The number of aryl methyl sites for hydroxylation is 1. The van der Waals surface area contributed by atoms with Gasteiger partial charge in [-0.15, -0.1) is 11.3 Å². The summed E-state index contributed by atoms with van der Waals surface area (Å²) >= 11 is 7.25. The number of carboxylic acids is 1. The Bertz CT molecular complexity index is 1620. The Balaban J connectivity index is 1.48. The van der Waals surface area contributed by atoms with Crippen molar-refractivity contribution in [3.8, 4) is 21.8 Å². The number of furan rings is 1. The minimum atomic E-state index is -3.39. The lowest BCUT2D eigenvalue weighted by Crippen LogP contribution is -2.14. The van der Waals surface area contributed by atoms with Crippen LogP contribution >= 0.6 is 30.3 Å². The van der Waals surface area contributed by atoms with Crippen molar-refractivity contribution < 1.29 is 23.4 Å². The lowest BCUT2D eigenvalue weighted by Gasteiger charge is -2.20. The van der Waals surface area contributed by atoms with Gasteiger partial charge < -0.3 is 14.0 Å². The summed E-state index contributed by atoms with van der Waals surface area (Å²) in [5.74, 6) is -0.358. The van der Waals surface area contributed by atoms with Gasteiger partial charge in [0.25, 0.3) is 0 Å². The highest BCUT2D eigenvalue weighted by molar-refractivity contribution is 7.66. The zero-order valence-electron chi connectivity index (χ0n) is 20.1. The molecule has 3 heterocycles. The van der Waals surface area contributed by atoms with Gasteiger partial charge in [0.05, 0.1) is 12.8 Å². The van der Waals surface area contributed by atoms with Crippen molar-refractivity contribution >= 4 is 52.7 Å². The summed E-state index contributed by atoms with van der Waals surface area (Å²) in [5, 5.41) is 11.0. The van der Waals surface area contributed by atoms with E-state index < -0.39 is 13.3 Å². The number of fused-ring (bicyclic) bond motifs is 1. The van der Waals surface area contributed by atoms with Gasteiger partial charge in [-0.05, 0) is 66.9 Å². The number of rotatable bonds is 8. The molecule has 0 aliphatic rings. The van der Waals surface area contributed by atoms with E-state index in [0.29, 0.717) is 27.2 Å². The number of thiophene rings is 1. The Morgan fingerprint density at radius 1 is 1.11 bits per heavy atom. The van der Waals surface area contributed by atoms with Gasteiger partial charge in [0.15, 0.2) is 5.58 Å². The molecule has 0 bridgehead atoms. The van der Waals surface area contributed by atoms with Gasteiger partial charge in [0, 0.05) is 33.0 Å². The quantitative estimate of drug-likeness (QED) is 0.196. The molecule has 37 heavy (non-hydrogen) atoms. The van der Waals surface area contributed by atoms with E-state index in [9.17, 15) is 14.5 Å². The Morgan fingerprint density at radius 2 is 1.86 bits per heavy atom. The van der Waals surface area contributed by atoms with Gasteiger partial charge in [-0.1, -0.05) is 35.9 Å². The predicted molar refractivity (Wildman–Crippen MR) is 148 cm³/mol. The topological polar surface area (TPSA) is 89.6 Å². The molecule has 3 aromatic heterocycles. The number of carbonyl (C=O) groups is 1. The van der Waals surface area contributed by atoms with Gasteiger partial charge in [0.1, 0.15) is 16.2 Å². The Hall–Kier alpha value is -3.22. The molecular weight excluding hydrogens is 529 g/mol. The molecule has 1 unspecified atom stereocenters. The molecule has 2 aromatic carbocycles. The average Bonchev–Trinajstić information content (AvgIpc) is 3.48. The van der Waals surface area contributed by atoms with Gasteiger partial charge >= 0.3 is 5.97 Å². The maximum atomic E-state index is 14.0. The molecule has 5 aromatic rings. The zero-order chi connectivity index (χ0) is 26.2. The summed E-state index contributed by atoms with van der Waals surface area (Å²) in [6, 6.07) is 20.2. The number of nitrogens with zero attached hydrogens (tertiary/aromatic N) is 1. The monoisotopic (exact) mass is 551 g/mol. The fraction of sp³-hybridized carbons (Fsp3) is 0.143. The Kier molecular flexibility index (Phi) is 7.06. The fourth-order valence-corrected chi connectivity index (χ4v) is 8.09. The Labute approximate surface area is 223 Å². The van der Waals surface area contributed by atoms with E-state index in [1.165, 1.54) is 0 Å². The Morgan fingerprint density at radius 3 is 2.54 bits per heavy atom. The molecule has 0 radical (unpaired) electrons. The average molecular weight is 552 g/mol. The molecule has 1 N–H and O–H groups in total. The van der Waals surface area contributed by atoms with Crippen LogP contribution in [0.2, 0.25) is 5.02 Å². The minimum Gasteiger partial charge on any atom is -0.477 e. The second-order valence-corrected chi connectivity index (χ2v) is 12.4. The number of halogens is 1. The zero-order valence-corrected chi connectivity index (χ0v) is 22.6. The third kappa shape index (κ3) is 5.13. The fourth-order valence-electron chi connectivity index (χ4n) is 4.31. The van der Waals surface area contributed by atoms with Crippen LogP contribution in [0.3, 0.4) is 0 Å². The lowest BCUT2D eigenvalue weighted by molar-refractivity contribution is 0.0701. The van der Waals surface area contributed by atoms with Gasteiger partial charge in [-0.25, -0.2) is 4.79 Å². The first-order valence-electron chi connectivity index (χ1n) is 11.6. The van der Waals surface area contributed by atoms with Crippen LogP contribution in [0.25, 0.3) is 32.9 Å². The molecule has 1 atom stereocenters. The van der Waals surface area contributed by atoms with E-state index in [1.54, 1.807) is 37.4 Å². The van der Waals surface area contributed by atoms with Gasteiger partial charge in [-0.2, -0.15) is 0 Å². The molecular formula is C28H23ClNO5PS. The SMILES string of the molecule is CCOP(=O)(Cc1cc(-c2ccc(-c3cc4ncccc4o3)cc2)sc1C(=O)O)c1ccc(Cl)cc1C. The van der Waals surface area contributed by atoms with Crippen molar-refractivity contribution in [1.29, 1.82) is 0 Å². The minimum absolute atomic E-state index is 0.0223. The van der Waals surface area contributed by atoms with Crippen LogP contribution in [0.1, 0.15) is 27.7 Å². The summed E-state index contributed by atoms with van der Waals surface area (Å²) in [4.78, 5) is 17.3. The highest BCUT2D eigenvalue weighted by Crippen LogP contribution is 2.52. The van der Waals surface area contributed by atoms with E-state index in [2.05, 4.69) is 4.98 Å². The van der Waals surface area contributed by atoms with Crippen LogP contribution < -0.4 is 5.30 Å². The molecule has 0 amide bonds. The highest BCUT2D eigenvalue weighted by Gasteiger charge is 2.31. The molecule has 0 aliphatic carbocycles. The number of aromatic nitrogens is 1. The van der Waals surface area contributed by atoms with Crippen LogP contribution in [0.4, 0.5) is 0 Å². The third-order valence-corrected chi connectivity index (χ3v) is 10.1. The lowest BCUT2D eigenvalue weighted by atomic mass is 10.1. The highest BCUT2D eigenvalue weighted by atomic mass is 35.5. The molecule has 6 nitrogen and oxygen atoms in total. The molecule has 188 valence electrons. The van der Waals surface area contributed by atoms with Crippen molar-refractivity contribution in [3.05, 3.63) is 94.0 Å². The first kappa shape index (κ1) is 25.4. The number of aromatic carboxylic acids is 1. The van der Waals surface area contributed by atoms with Crippen molar-refractivity contribution in [2.75, 3.05) is 6.61 Å². The van der Waals surface area contributed by atoms with Crippen LogP contribution in [0.5, 0.6) is 0 Å². The maximum absolute atomic E-state index is 14.0. The molecule has 0 saturated heterocycles. The largest absolute Gasteiger partial charge is 0.477 e. The number of benzene rings is 2. The standard InChI is InChI=1S/C28H23ClNO5PS/c1-3-34-36(33,25-11-10-21(29)13-17(25)2)16-20-14-26(37-27(20)28(31)32)19-8-6-18(7-9-19)24-15-22-23(35-24)5-4-12-30-22/h4-15H,3,16H2,1-2H3,(H,31,32). The first-order chi connectivity index (χ1) is 17.8.